The monoisotopic (exact) mass is 381 g/mol. The number of pyridine rings is 2. The number of carbonyl (C=O) groups excluding carboxylic acids is 1. The lowest BCUT2D eigenvalue weighted by Gasteiger charge is -2.26. The van der Waals surface area contributed by atoms with Gasteiger partial charge in [0.1, 0.15) is 18.0 Å². The summed E-state index contributed by atoms with van der Waals surface area (Å²) in [6.45, 7) is 0. The van der Waals surface area contributed by atoms with Crippen molar-refractivity contribution in [3.8, 4) is 11.6 Å². The van der Waals surface area contributed by atoms with Gasteiger partial charge in [0.2, 0.25) is 5.88 Å². The normalized spacial score (nSPS) is 19.3. The first-order valence-corrected chi connectivity index (χ1v) is 9.26. The first kappa shape index (κ1) is 18.2. The van der Waals surface area contributed by atoms with E-state index >= 15 is 0 Å². The molecule has 1 fully saturated rings. The number of hydrogen-bond donors (Lipinski definition) is 2. The summed E-state index contributed by atoms with van der Waals surface area (Å²) in [5.41, 5.74) is 0.494. The number of benzene rings is 1. The van der Waals surface area contributed by atoms with Crippen molar-refractivity contribution >= 4 is 22.4 Å². The number of aromatic hydroxyl groups is 1. The van der Waals surface area contributed by atoms with Crippen molar-refractivity contribution in [1.82, 2.24) is 9.97 Å². The maximum Gasteiger partial charge on any atom is 0.278 e. The van der Waals surface area contributed by atoms with E-state index in [1.54, 1.807) is 36.5 Å². The highest BCUT2D eigenvalue weighted by molar-refractivity contribution is 6.05. The fourth-order valence-corrected chi connectivity index (χ4v) is 3.41. The zero-order valence-corrected chi connectivity index (χ0v) is 15.1. The lowest BCUT2D eigenvalue weighted by atomic mass is 9.96. The van der Waals surface area contributed by atoms with Crippen LogP contribution in [-0.2, 0) is 0 Å². The summed E-state index contributed by atoms with van der Waals surface area (Å²) < 4.78 is 20.0. The number of aromatic nitrogens is 2. The van der Waals surface area contributed by atoms with Crippen LogP contribution in [0.5, 0.6) is 11.6 Å². The zero-order valence-electron chi connectivity index (χ0n) is 15.1. The van der Waals surface area contributed by atoms with Crippen LogP contribution < -0.4 is 10.1 Å². The van der Waals surface area contributed by atoms with Crippen LogP contribution in [0.25, 0.3) is 10.8 Å². The molecule has 1 saturated carbocycles. The molecule has 2 heterocycles. The number of nitrogens with one attached hydrogen (secondary N) is 1. The molecule has 28 heavy (non-hydrogen) atoms. The van der Waals surface area contributed by atoms with Gasteiger partial charge in [0.05, 0.1) is 0 Å². The Morgan fingerprint density at radius 1 is 1.14 bits per heavy atom. The molecule has 1 amide bonds. The van der Waals surface area contributed by atoms with Crippen LogP contribution in [0, 0.1) is 0 Å². The molecule has 0 saturated heterocycles. The molecule has 4 rings (SSSR count). The lowest BCUT2D eigenvalue weighted by molar-refractivity contribution is 0.0615. The van der Waals surface area contributed by atoms with Gasteiger partial charge in [-0.15, -0.1) is 0 Å². The molecular weight excluding hydrogens is 361 g/mol. The minimum absolute atomic E-state index is 0.0485. The van der Waals surface area contributed by atoms with Crippen molar-refractivity contribution in [2.75, 3.05) is 5.32 Å². The second-order valence-electron chi connectivity index (χ2n) is 6.83. The number of rotatable bonds is 4. The topological polar surface area (TPSA) is 84.3 Å². The molecule has 6 nitrogen and oxygen atoms in total. The van der Waals surface area contributed by atoms with Gasteiger partial charge in [-0.1, -0.05) is 6.42 Å². The molecule has 1 aliphatic rings. The third-order valence-corrected chi connectivity index (χ3v) is 4.87. The van der Waals surface area contributed by atoms with E-state index in [9.17, 15) is 14.3 Å². The summed E-state index contributed by atoms with van der Waals surface area (Å²) in [4.78, 5) is 20.5. The quantitative estimate of drug-likeness (QED) is 0.706. The van der Waals surface area contributed by atoms with Crippen molar-refractivity contribution in [1.29, 1.82) is 0 Å². The molecule has 3 aromatic rings. The van der Waals surface area contributed by atoms with Gasteiger partial charge in [-0.3, -0.25) is 4.79 Å². The van der Waals surface area contributed by atoms with E-state index in [0.29, 0.717) is 24.4 Å². The van der Waals surface area contributed by atoms with Gasteiger partial charge in [-0.2, -0.15) is 0 Å². The Bertz CT molecular complexity index is 1010. The van der Waals surface area contributed by atoms with E-state index in [1.165, 1.54) is 12.3 Å². The Balaban J connectivity index is 1.56. The predicted octanol–water partition coefficient (Wildman–Crippen LogP) is 4.25. The van der Waals surface area contributed by atoms with Crippen LogP contribution >= 0.6 is 0 Å². The van der Waals surface area contributed by atoms with Crippen LogP contribution in [0.4, 0.5) is 10.1 Å². The van der Waals surface area contributed by atoms with Gasteiger partial charge < -0.3 is 15.2 Å². The molecule has 1 aromatic carbocycles. The third kappa shape index (κ3) is 3.74. The van der Waals surface area contributed by atoms with E-state index in [4.69, 9.17) is 4.74 Å². The van der Waals surface area contributed by atoms with E-state index < -0.39 is 18.2 Å². The van der Waals surface area contributed by atoms with Crippen molar-refractivity contribution < 1.29 is 19.0 Å². The molecule has 0 bridgehead atoms. The Morgan fingerprint density at radius 2 is 2.00 bits per heavy atom. The first-order chi connectivity index (χ1) is 13.6. The van der Waals surface area contributed by atoms with Crippen LogP contribution in [0.2, 0.25) is 0 Å². The summed E-state index contributed by atoms with van der Waals surface area (Å²) in [5, 5.41) is 14.0. The summed E-state index contributed by atoms with van der Waals surface area (Å²) in [7, 11) is 0. The average Bonchev–Trinajstić information content (AvgIpc) is 2.70. The Kier molecular flexibility index (Phi) is 5.06. The maximum absolute atomic E-state index is 14.1. The third-order valence-electron chi connectivity index (χ3n) is 4.87. The Morgan fingerprint density at radius 3 is 2.82 bits per heavy atom. The molecule has 7 heteroatoms. The van der Waals surface area contributed by atoms with Gasteiger partial charge in [0.15, 0.2) is 5.69 Å². The first-order valence-electron chi connectivity index (χ1n) is 9.26. The summed E-state index contributed by atoms with van der Waals surface area (Å²) in [6, 6.07) is 10.0. The molecule has 0 aliphatic heterocycles. The molecule has 2 unspecified atom stereocenters. The highest BCUT2D eigenvalue weighted by Crippen LogP contribution is 2.30. The van der Waals surface area contributed by atoms with E-state index in [-0.39, 0.29) is 11.4 Å². The number of halogens is 1. The van der Waals surface area contributed by atoms with E-state index in [1.807, 2.05) is 0 Å². The largest absolute Gasteiger partial charge is 0.505 e. The fraction of sp³-hybridized carbons (Fsp3) is 0.286. The van der Waals surface area contributed by atoms with Gasteiger partial charge in [0.25, 0.3) is 5.91 Å². The van der Waals surface area contributed by atoms with Crippen molar-refractivity contribution in [2.24, 2.45) is 0 Å². The number of hydrogen-bond acceptors (Lipinski definition) is 5. The van der Waals surface area contributed by atoms with Gasteiger partial charge >= 0.3 is 0 Å². The van der Waals surface area contributed by atoms with Crippen molar-refractivity contribution in [3.63, 3.8) is 0 Å². The molecule has 0 radical (unpaired) electrons. The SMILES string of the molecule is O=C(Nc1ccc2c(OC3CCCCC3F)nccc2c1)c1ncccc1O. The predicted molar refractivity (Wildman–Crippen MR) is 103 cm³/mol. The van der Waals surface area contributed by atoms with E-state index in [0.717, 1.165) is 23.6 Å². The van der Waals surface area contributed by atoms with Crippen molar-refractivity contribution in [3.05, 3.63) is 54.5 Å². The number of alkyl halides is 1. The number of ether oxygens (including phenoxy) is 1. The summed E-state index contributed by atoms with van der Waals surface area (Å²) >= 11 is 0. The lowest BCUT2D eigenvalue weighted by Crippen LogP contribution is -2.32. The number of anilines is 1. The van der Waals surface area contributed by atoms with Crippen molar-refractivity contribution in [2.45, 2.75) is 38.0 Å². The van der Waals surface area contributed by atoms with Crippen LogP contribution in [-0.4, -0.2) is 33.3 Å². The number of fused-ring (bicyclic) bond motifs is 1. The number of amides is 1. The molecule has 0 spiro atoms. The Labute approximate surface area is 161 Å². The minimum atomic E-state index is -0.976. The summed E-state index contributed by atoms with van der Waals surface area (Å²) in [5.74, 6) is -0.299. The average molecular weight is 381 g/mol. The van der Waals surface area contributed by atoms with Gasteiger partial charge in [0, 0.05) is 23.5 Å². The second-order valence-corrected chi connectivity index (χ2v) is 6.83. The van der Waals surface area contributed by atoms with Crippen LogP contribution in [0.15, 0.2) is 48.8 Å². The van der Waals surface area contributed by atoms with Gasteiger partial charge in [-0.05, 0) is 61.0 Å². The van der Waals surface area contributed by atoms with E-state index in [2.05, 4.69) is 15.3 Å². The Hall–Kier alpha value is -3.22. The smallest absolute Gasteiger partial charge is 0.278 e. The van der Waals surface area contributed by atoms with Gasteiger partial charge in [-0.25, -0.2) is 14.4 Å². The van der Waals surface area contributed by atoms with Crippen LogP contribution in [0.1, 0.15) is 36.2 Å². The van der Waals surface area contributed by atoms with Crippen LogP contribution in [0.3, 0.4) is 0 Å². The second kappa shape index (κ2) is 7.80. The molecule has 144 valence electrons. The molecule has 2 N–H and O–H groups in total. The molecule has 2 atom stereocenters. The number of nitrogens with zero attached hydrogens (tertiary/aromatic N) is 2. The molecule has 2 aromatic heterocycles. The fourth-order valence-electron chi connectivity index (χ4n) is 3.41. The zero-order chi connectivity index (χ0) is 19.5. The highest BCUT2D eigenvalue weighted by Gasteiger charge is 2.27. The maximum atomic E-state index is 14.1. The molecular formula is C21H20FN3O3. The minimum Gasteiger partial charge on any atom is -0.505 e. The molecule has 1 aliphatic carbocycles. The highest BCUT2D eigenvalue weighted by atomic mass is 19.1. The number of carbonyl (C=O) groups is 1. The standard InChI is InChI=1S/C21H20FN3O3/c22-16-4-1-2-6-18(16)28-21-15-8-7-14(12-13(15)9-11-24-21)25-20(27)19-17(26)5-3-10-23-19/h3,5,7-12,16,18,26H,1-2,4,6H2,(H,25,27). The summed E-state index contributed by atoms with van der Waals surface area (Å²) in [6.07, 6.45) is 4.63.